The van der Waals surface area contributed by atoms with Crippen molar-refractivity contribution in [2.45, 2.75) is 142 Å². The molecule has 0 spiro atoms. The van der Waals surface area contributed by atoms with Gasteiger partial charge >= 0.3 is 11.9 Å². The van der Waals surface area contributed by atoms with Crippen LogP contribution >= 0.6 is 0 Å². The molecular weight excluding hydrogens is 424 g/mol. The van der Waals surface area contributed by atoms with Crippen molar-refractivity contribution in [1.82, 2.24) is 0 Å². The van der Waals surface area contributed by atoms with Gasteiger partial charge in [-0.15, -0.1) is 0 Å². The fourth-order valence-corrected chi connectivity index (χ4v) is 4.78. The molecule has 4 heteroatoms. The zero-order valence-corrected chi connectivity index (χ0v) is 21.8. The number of aryl methyl sites for hydroxylation is 2. The topological polar surface area (TPSA) is 74.6 Å². The number of carboxylic acid groups (broad SMARTS) is 2. The van der Waals surface area contributed by atoms with Crippen molar-refractivity contribution in [1.29, 1.82) is 0 Å². The maximum absolute atomic E-state index is 10.6. The average Bonchev–Trinajstić information content (AvgIpc) is 2.81. The quantitative estimate of drug-likeness (QED) is 0.156. The molecular formula is C30H50O4. The van der Waals surface area contributed by atoms with Gasteiger partial charge in [0, 0.05) is 12.8 Å². The van der Waals surface area contributed by atoms with Gasteiger partial charge in [-0.2, -0.15) is 0 Å². The molecule has 0 radical (unpaired) electrons. The van der Waals surface area contributed by atoms with E-state index in [2.05, 4.69) is 25.1 Å². The second-order valence-corrected chi connectivity index (χ2v) is 9.90. The number of unbranched alkanes of at least 4 members (excludes halogenated alkanes) is 13. The molecule has 0 saturated carbocycles. The zero-order chi connectivity index (χ0) is 24.9. The van der Waals surface area contributed by atoms with Crippen LogP contribution in [0.3, 0.4) is 0 Å². The second kappa shape index (κ2) is 20.5. The van der Waals surface area contributed by atoms with Crippen LogP contribution in [0.25, 0.3) is 0 Å². The predicted octanol–water partition coefficient (Wildman–Crippen LogP) is 8.53. The van der Waals surface area contributed by atoms with Gasteiger partial charge in [0.2, 0.25) is 0 Å². The van der Waals surface area contributed by atoms with Crippen molar-refractivity contribution in [2.24, 2.45) is 0 Å². The van der Waals surface area contributed by atoms with E-state index >= 15 is 0 Å². The Kier molecular flexibility index (Phi) is 18.2. The third-order valence-corrected chi connectivity index (χ3v) is 6.82. The van der Waals surface area contributed by atoms with Gasteiger partial charge in [-0.1, -0.05) is 95.8 Å². The van der Waals surface area contributed by atoms with Crippen molar-refractivity contribution in [3.8, 4) is 0 Å². The number of hydrogen-bond donors (Lipinski definition) is 2. The first-order valence-corrected chi connectivity index (χ1v) is 14.1. The summed E-state index contributed by atoms with van der Waals surface area (Å²) < 4.78 is 0. The molecule has 0 aliphatic rings. The summed E-state index contributed by atoms with van der Waals surface area (Å²) in [5, 5.41) is 17.4. The minimum absolute atomic E-state index is 0.309. The molecule has 1 aromatic carbocycles. The summed E-state index contributed by atoms with van der Waals surface area (Å²) in [6.45, 7) is 2.27. The molecule has 194 valence electrons. The van der Waals surface area contributed by atoms with Crippen LogP contribution in [-0.2, 0) is 28.9 Å². The molecule has 0 aliphatic carbocycles. The summed E-state index contributed by atoms with van der Waals surface area (Å²) in [7, 11) is 0. The summed E-state index contributed by atoms with van der Waals surface area (Å²) in [4.78, 5) is 21.1. The van der Waals surface area contributed by atoms with Crippen LogP contribution in [-0.4, -0.2) is 22.2 Å². The second-order valence-electron chi connectivity index (χ2n) is 9.90. The number of carboxylic acids is 2. The molecule has 2 N–H and O–H groups in total. The molecule has 1 rings (SSSR count). The molecule has 0 atom stereocenters. The van der Waals surface area contributed by atoms with E-state index in [1.807, 2.05) is 0 Å². The fraction of sp³-hybridized carbons (Fsp3) is 0.733. The van der Waals surface area contributed by atoms with Crippen molar-refractivity contribution in [2.75, 3.05) is 0 Å². The number of rotatable bonds is 23. The normalized spacial score (nSPS) is 11.1. The minimum Gasteiger partial charge on any atom is -0.481 e. The third-order valence-electron chi connectivity index (χ3n) is 6.82. The number of aliphatic carboxylic acids is 2. The molecule has 0 heterocycles. The van der Waals surface area contributed by atoms with Gasteiger partial charge in [0.15, 0.2) is 0 Å². The molecule has 0 amide bonds. The maximum atomic E-state index is 10.6. The van der Waals surface area contributed by atoms with Gasteiger partial charge in [-0.05, 0) is 68.1 Å². The van der Waals surface area contributed by atoms with E-state index in [1.165, 1.54) is 83.5 Å². The fourth-order valence-electron chi connectivity index (χ4n) is 4.78. The highest BCUT2D eigenvalue weighted by Crippen LogP contribution is 2.23. The lowest BCUT2D eigenvalue weighted by atomic mass is 9.90. The maximum Gasteiger partial charge on any atom is 0.303 e. The molecule has 0 bridgehead atoms. The van der Waals surface area contributed by atoms with E-state index in [1.54, 1.807) is 16.7 Å². The molecule has 0 saturated heterocycles. The standard InChI is InChI=1S/C30H50O4/c1-2-3-19-26-21-18-22-27(20-14-10-6-4-8-12-16-24-29(31)32)28(26)23-15-11-7-5-9-13-17-25-30(33)34/h18,21-22H,2-17,19-20,23-25H2,1H3,(H,31,32)(H,33,34). The molecule has 4 nitrogen and oxygen atoms in total. The van der Waals surface area contributed by atoms with Gasteiger partial charge in [-0.3, -0.25) is 9.59 Å². The van der Waals surface area contributed by atoms with Gasteiger partial charge in [-0.25, -0.2) is 0 Å². The summed E-state index contributed by atoms with van der Waals surface area (Å²) in [5.41, 5.74) is 4.74. The minimum atomic E-state index is -0.676. The van der Waals surface area contributed by atoms with Crippen LogP contribution in [0.4, 0.5) is 0 Å². The van der Waals surface area contributed by atoms with E-state index in [0.29, 0.717) is 12.8 Å². The first-order valence-electron chi connectivity index (χ1n) is 14.1. The highest BCUT2D eigenvalue weighted by molar-refractivity contribution is 5.66. The van der Waals surface area contributed by atoms with E-state index in [9.17, 15) is 9.59 Å². The Labute approximate surface area is 208 Å². The number of benzene rings is 1. The Morgan fingerprint density at radius 3 is 1.38 bits per heavy atom. The zero-order valence-electron chi connectivity index (χ0n) is 21.8. The van der Waals surface area contributed by atoms with Crippen LogP contribution < -0.4 is 0 Å². The Bertz CT molecular complexity index is 668. The van der Waals surface area contributed by atoms with Gasteiger partial charge in [0.1, 0.15) is 0 Å². The van der Waals surface area contributed by atoms with Crippen molar-refractivity contribution < 1.29 is 19.8 Å². The van der Waals surface area contributed by atoms with Crippen LogP contribution in [0.1, 0.15) is 139 Å². The van der Waals surface area contributed by atoms with Crippen molar-refractivity contribution in [3.63, 3.8) is 0 Å². The highest BCUT2D eigenvalue weighted by atomic mass is 16.4. The molecule has 0 fully saturated rings. The van der Waals surface area contributed by atoms with Crippen LogP contribution in [0, 0.1) is 0 Å². The highest BCUT2D eigenvalue weighted by Gasteiger charge is 2.09. The summed E-state index contributed by atoms with van der Waals surface area (Å²) >= 11 is 0. The van der Waals surface area contributed by atoms with Crippen LogP contribution in [0.2, 0.25) is 0 Å². The Balaban J connectivity index is 2.35. The van der Waals surface area contributed by atoms with Gasteiger partial charge < -0.3 is 10.2 Å². The van der Waals surface area contributed by atoms with Crippen LogP contribution in [0.15, 0.2) is 18.2 Å². The summed E-state index contributed by atoms with van der Waals surface area (Å²) in [5.74, 6) is -1.35. The molecule has 0 aliphatic heterocycles. The third kappa shape index (κ3) is 15.9. The SMILES string of the molecule is CCCCc1cccc(CCCCCCCCCC(=O)O)c1CCCCCCCCCC(=O)O. The van der Waals surface area contributed by atoms with Crippen LogP contribution in [0.5, 0.6) is 0 Å². The lowest BCUT2D eigenvalue weighted by Crippen LogP contribution is -2.02. The number of hydrogen-bond acceptors (Lipinski definition) is 2. The number of carbonyl (C=O) groups is 2. The monoisotopic (exact) mass is 474 g/mol. The molecule has 0 aromatic heterocycles. The van der Waals surface area contributed by atoms with Crippen molar-refractivity contribution >= 4 is 11.9 Å². The first-order chi connectivity index (χ1) is 16.5. The average molecular weight is 475 g/mol. The van der Waals surface area contributed by atoms with E-state index in [4.69, 9.17) is 10.2 Å². The summed E-state index contributed by atoms with van der Waals surface area (Å²) in [6.07, 6.45) is 22.7. The molecule has 1 aromatic rings. The lowest BCUT2D eigenvalue weighted by molar-refractivity contribution is -0.138. The van der Waals surface area contributed by atoms with E-state index in [0.717, 1.165) is 38.5 Å². The van der Waals surface area contributed by atoms with E-state index < -0.39 is 11.9 Å². The molecule has 34 heavy (non-hydrogen) atoms. The van der Waals surface area contributed by atoms with Gasteiger partial charge in [0.05, 0.1) is 0 Å². The Morgan fingerprint density at radius 2 is 0.941 bits per heavy atom. The predicted molar refractivity (Wildman–Crippen MR) is 142 cm³/mol. The lowest BCUT2D eigenvalue weighted by Gasteiger charge is -2.15. The van der Waals surface area contributed by atoms with Gasteiger partial charge in [0.25, 0.3) is 0 Å². The first kappa shape index (κ1) is 30.2. The van der Waals surface area contributed by atoms with E-state index in [-0.39, 0.29) is 0 Å². The Morgan fingerprint density at radius 1 is 0.559 bits per heavy atom. The van der Waals surface area contributed by atoms with Crippen molar-refractivity contribution in [3.05, 3.63) is 34.9 Å². The molecule has 0 unspecified atom stereocenters. The Hall–Kier alpha value is -1.84. The smallest absolute Gasteiger partial charge is 0.303 e. The summed E-state index contributed by atoms with van der Waals surface area (Å²) in [6, 6.07) is 6.94. The largest absolute Gasteiger partial charge is 0.481 e.